The molecule has 0 heterocycles. The van der Waals surface area contributed by atoms with Crippen LogP contribution < -0.4 is 17.0 Å². The van der Waals surface area contributed by atoms with Gasteiger partial charge in [0.15, 0.2) is 0 Å². The summed E-state index contributed by atoms with van der Waals surface area (Å²) in [6, 6.07) is -0.671. The van der Waals surface area contributed by atoms with E-state index in [1.807, 2.05) is 5.43 Å². The zero-order valence-corrected chi connectivity index (χ0v) is 5.54. The molecule has 0 aliphatic heterocycles. The zero-order valence-electron chi connectivity index (χ0n) is 5.54. The molecule has 1 unspecified atom stereocenters. The van der Waals surface area contributed by atoms with Gasteiger partial charge in [-0.2, -0.15) is 0 Å². The van der Waals surface area contributed by atoms with Gasteiger partial charge in [0.2, 0.25) is 0 Å². The molecule has 1 amide bonds. The Morgan fingerprint density at radius 3 is 2.70 bits per heavy atom. The molecular weight excluding hydrogens is 134 g/mol. The van der Waals surface area contributed by atoms with E-state index in [0.717, 1.165) is 0 Å². The Kier molecular flexibility index (Phi) is 4.43. The number of hydrogen-bond donors (Lipinski definition) is 3. The Morgan fingerprint density at radius 1 is 1.70 bits per heavy atom. The molecule has 0 aromatic heterocycles. The summed E-state index contributed by atoms with van der Waals surface area (Å²) >= 11 is 0. The maximum absolute atomic E-state index is 10.5. The highest BCUT2D eigenvalue weighted by Crippen LogP contribution is 1.89. The van der Waals surface area contributed by atoms with E-state index < -0.39 is 11.9 Å². The first kappa shape index (κ1) is 9.06. The molecule has 0 aliphatic carbocycles. The fourth-order valence-corrected chi connectivity index (χ4v) is 0.486. The minimum Gasteiger partial charge on any atom is -0.320 e. The highest BCUT2D eigenvalue weighted by atomic mass is 16.2. The number of aldehydes is 1. The minimum absolute atomic E-state index is 0.286. The second kappa shape index (κ2) is 4.89. The fraction of sp³-hybridized carbons (Fsp3) is 0.600. The number of nitrogens with two attached hydrogens (primary N) is 2. The molecule has 0 radical (unpaired) electrons. The Labute approximate surface area is 58.7 Å². The van der Waals surface area contributed by atoms with Crippen molar-refractivity contribution in [3.05, 3.63) is 0 Å². The molecule has 5 nitrogen and oxygen atoms in total. The van der Waals surface area contributed by atoms with Crippen LogP contribution in [0, 0.1) is 0 Å². The van der Waals surface area contributed by atoms with Crippen molar-refractivity contribution in [1.29, 1.82) is 0 Å². The molecule has 10 heavy (non-hydrogen) atoms. The molecule has 5 N–H and O–H groups in total. The first-order valence-corrected chi connectivity index (χ1v) is 2.92. The predicted molar refractivity (Wildman–Crippen MR) is 35.6 cm³/mol. The van der Waals surface area contributed by atoms with Crippen LogP contribution in [0.25, 0.3) is 0 Å². The lowest BCUT2D eigenvalue weighted by Gasteiger charge is -2.05. The molecular formula is C5H11N3O2. The van der Waals surface area contributed by atoms with E-state index >= 15 is 0 Å². The number of amides is 1. The molecule has 0 aliphatic rings. The second-order valence-corrected chi connectivity index (χ2v) is 1.86. The molecule has 0 bridgehead atoms. The lowest BCUT2D eigenvalue weighted by Crippen LogP contribution is -2.43. The SMILES string of the molecule is NNC(=O)C(N)CCC=O. The average Bonchev–Trinajstić information content (AvgIpc) is 1.98. The molecule has 5 heteroatoms. The minimum atomic E-state index is -0.671. The van der Waals surface area contributed by atoms with E-state index in [0.29, 0.717) is 12.7 Å². The van der Waals surface area contributed by atoms with Crippen molar-refractivity contribution < 1.29 is 9.59 Å². The summed E-state index contributed by atoms with van der Waals surface area (Å²) in [6.07, 6.45) is 1.34. The van der Waals surface area contributed by atoms with Gasteiger partial charge in [0.05, 0.1) is 6.04 Å². The van der Waals surface area contributed by atoms with Crippen LogP contribution in [0.15, 0.2) is 0 Å². The second-order valence-electron chi connectivity index (χ2n) is 1.86. The Balaban J connectivity index is 3.50. The van der Waals surface area contributed by atoms with Crippen molar-refractivity contribution in [3.8, 4) is 0 Å². The summed E-state index contributed by atoms with van der Waals surface area (Å²) < 4.78 is 0. The lowest BCUT2D eigenvalue weighted by atomic mass is 10.2. The van der Waals surface area contributed by atoms with Crippen molar-refractivity contribution in [2.75, 3.05) is 0 Å². The number of carbonyl (C=O) groups is 2. The van der Waals surface area contributed by atoms with E-state index in [4.69, 9.17) is 11.6 Å². The number of hydrazine groups is 1. The monoisotopic (exact) mass is 145 g/mol. The van der Waals surface area contributed by atoms with Gasteiger partial charge < -0.3 is 10.5 Å². The first-order chi connectivity index (χ1) is 4.72. The maximum Gasteiger partial charge on any atom is 0.250 e. The van der Waals surface area contributed by atoms with E-state index in [2.05, 4.69) is 0 Å². The highest BCUT2D eigenvalue weighted by molar-refractivity contribution is 5.81. The van der Waals surface area contributed by atoms with E-state index in [1.165, 1.54) is 0 Å². The van der Waals surface area contributed by atoms with Crippen LogP contribution in [-0.4, -0.2) is 18.2 Å². The normalized spacial score (nSPS) is 12.2. The molecule has 0 aromatic carbocycles. The number of carbonyl (C=O) groups excluding carboxylic acids is 2. The van der Waals surface area contributed by atoms with E-state index in [9.17, 15) is 9.59 Å². The summed E-state index contributed by atoms with van der Waals surface area (Å²) in [5, 5.41) is 0. The van der Waals surface area contributed by atoms with E-state index in [1.54, 1.807) is 0 Å². The van der Waals surface area contributed by atoms with Gasteiger partial charge in [-0.1, -0.05) is 0 Å². The lowest BCUT2D eigenvalue weighted by molar-refractivity contribution is -0.122. The smallest absolute Gasteiger partial charge is 0.250 e. The van der Waals surface area contributed by atoms with Crippen LogP contribution in [0.3, 0.4) is 0 Å². The van der Waals surface area contributed by atoms with Gasteiger partial charge in [-0.05, 0) is 6.42 Å². The van der Waals surface area contributed by atoms with Gasteiger partial charge in [0.25, 0.3) is 5.91 Å². The third kappa shape index (κ3) is 3.16. The van der Waals surface area contributed by atoms with Gasteiger partial charge in [-0.15, -0.1) is 0 Å². The molecule has 0 aromatic rings. The molecule has 1 atom stereocenters. The molecule has 58 valence electrons. The summed E-state index contributed by atoms with van der Waals surface area (Å²) in [4.78, 5) is 20.3. The molecule has 0 rings (SSSR count). The van der Waals surface area contributed by atoms with Crippen molar-refractivity contribution >= 4 is 12.2 Å². The maximum atomic E-state index is 10.5. The van der Waals surface area contributed by atoms with Crippen molar-refractivity contribution in [3.63, 3.8) is 0 Å². The van der Waals surface area contributed by atoms with Gasteiger partial charge in [-0.3, -0.25) is 10.2 Å². The van der Waals surface area contributed by atoms with Gasteiger partial charge in [0, 0.05) is 6.42 Å². The van der Waals surface area contributed by atoms with Gasteiger partial charge >= 0.3 is 0 Å². The molecule has 0 fully saturated rings. The summed E-state index contributed by atoms with van der Waals surface area (Å²) in [7, 11) is 0. The Morgan fingerprint density at radius 2 is 2.30 bits per heavy atom. The fourth-order valence-electron chi connectivity index (χ4n) is 0.486. The standard InChI is InChI=1S/C5H11N3O2/c6-4(2-1-3-9)5(10)8-7/h3-4H,1-2,6-7H2,(H,8,10). The number of rotatable bonds is 4. The van der Waals surface area contributed by atoms with Gasteiger partial charge in [0.1, 0.15) is 6.29 Å². The van der Waals surface area contributed by atoms with Crippen LogP contribution in [-0.2, 0) is 9.59 Å². The van der Waals surface area contributed by atoms with Crippen LogP contribution in [0.4, 0.5) is 0 Å². The molecule has 0 spiro atoms. The van der Waals surface area contributed by atoms with Crippen LogP contribution in [0.2, 0.25) is 0 Å². The topological polar surface area (TPSA) is 98.2 Å². The third-order valence-corrected chi connectivity index (χ3v) is 1.07. The quantitative estimate of drug-likeness (QED) is 0.190. The first-order valence-electron chi connectivity index (χ1n) is 2.92. The van der Waals surface area contributed by atoms with Crippen LogP contribution >= 0.6 is 0 Å². The predicted octanol–water partition coefficient (Wildman–Crippen LogP) is -1.72. The van der Waals surface area contributed by atoms with Crippen molar-refractivity contribution in [2.45, 2.75) is 18.9 Å². The third-order valence-electron chi connectivity index (χ3n) is 1.07. The summed E-state index contributed by atoms with van der Waals surface area (Å²) in [6.45, 7) is 0. The molecule has 0 saturated carbocycles. The largest absolute Gasteiger partial charge is 0.320 e. The highest BCUT2D eigenvalue weighted by Gasteiger charge is 2.09. The average molecular weight is 145 g/mol. The van der Waals surface area contributed by atoms with Crippen LogP contribution in [0.5, 0.6) is 0 Å². The van der Waals surface area contributed by atoms with Crippen molar-refractivity contribution in [2.24, 2.45) is 11.6 Å². The van der Waals surface area contributed by atoms with Crippen LogP contribution in [0.1, 0.15) is 12.8 Å². The number of nitrogens with one attached hydrogen (secondary N) is 1. The Bertz CT molecular complexity index is 126. The van der Waals surface area contributed by atoms with E-state index in [-0.39, 0.29) is 6.42 Å². The van der Waals surface area contributed by atoms with Gasteiger partial charge in [-0.25, -0.2) is 5.84 Å². The van der Waals surface area contributed by atoms with Crippen molar-refractivity contribution in [1.82, 2.24) is 5.43 Å². The molecule has 0 saturated heterocycles. The summed E-state index contributed by atoms with van der Waals surface area (Å²) in [5.41, 5.74) is 7.16. The zero-order chi connectivity index (χ0) is 7.98. The summed E-state index contributed by atoms with van der Waals surface area (Å²) in [5.74, 6) is 4.33. The Hall–Kier alpha value is -0.940. The number of hydrogen-bond acceptors (Lipinski definition) is 4.